The number of nitrogens with zero attached hydrogens (tertiary/aromatic N) is 2. The Morgan fingerprint density at radius 1 is 1.42 bits per heavy atom. The predicted octanol–water partition coefficient (Wildman–Crippen LogP) is 1.68. The minimum absolute atomic E-state index is 0.117. The first-order chi connectivity index (χ1) is 8.92. The van der Waals surface area contributed by atoms with Gasteiger partial charge in [0.25, 0.3) is 0 Å². The maximum absolute atomic E-state index is 11.9. The minimum atomic E-state index is -0.907. The molecule has 2 N–H and O–H groups in total. The Morgan fingerprint density at radius 3 is 2.47 bits per heavy atom. The van der Waals surface area contributed by atoms with Crippen LogP contribution in [0.4, 0.5) is 4.79 Å². The number of carbonyl (C=O) groups is 2. The monoisotopic (exact) mass is 269 g/mol. The lowest BCUT2D eigenvalue weighted by atomic mass is 10.1. The van der Waals surface area contributed by atoms with Gasteiger partial charge in [0.05, 0.1) is 18.4 Å². The van der Waals surface area contributed by atoms with Crippen LogP contribution in [0.2, 0.25) is 0 Å². The molecule has 6 nitrogen and oxygen atoms in total. The van der Waals surface area contributed by atoms with Crippen molar-refractivity contribution in [3.8, 4) is 6.07 Å². The Kier molecular flexibility index (Phi) is 8.34. The van der Waals surface area contributed by atoms with Gasteiger partial charge in [-0.2, -0.15) is 5.26 Å². The molecule has 0 spiro atoms. The molecule has 0 aromatic heterocycles. The number of carboxylic acid groups (broad SMARTS) is 1. The van der Waals surface area contributed by atoms with Gasteiger partial charge in [0.1, 0.15) is 0 Å². The molecule has 0 saturated heterocycles. The van der Waals surface area contributed by atoms with E-state index in [0.29, 0.717) is 25.4 Å². The number of nitriles is 1. The lowest BCUT2D eigenvalue weighted by Crippen LogP contribution is -2.44. The zero-order chi connectivity index (χ0) is 14.8. The number of rotatable bonds is 8. The number of nitrogens with one attached hydrogen (secondary N) is 1. The van der Waals surface area contributed by atoms with E-state index in [1.807, 2.05) is 19.9 Å². The third-order valence-electron chi connectivity index (χ3n) is 2.71. The van der Waals surface area contributed by atoms with Gasteiger partial charge in [-0.05, 0) is 12.3 Å². The molecule has 6 heteroatoms. The SMILES string of the molecule is CCC(CNC(=O)N(CCC#N)CC(C)C)C(=O)O. The molecule has 0 radical (unpaired) electrons. The maximum atomic E-state index is 11.9. The zero-order valence-electron chi connectivity index (χ0n) is 11.8. The van der Waals surface area contributed by atoms with Gasteiger partial charge in [-0.1, -0.05) is 20.8 Å². The molecule has 0 aliphatic carbocycles. The van der Waals surface area contributed by atoms with E-state index in [1.54, 1.807) is 11.8 Å². The number of amides is 2. The topological polar surface area (TPSA) is 93.4 Å². The Morgan fingerprint density at radius 2 is 2.05 bits per heavy atom. The highest BCUT2D eigenvalue weighted by Crippen LogP contribution is 2.03. The molecule has 1 atom stereocenters. The van der Waals surface area contributed by atoms with Crippen LogP contribution in [0.3, 0.4) is 0 Å². The average Bonchev–Trinajstić information content (AvgIpc) is 2.34. The Balaban J connectivity index is 4.38. The summed E-state index contributed by atoms with van der Waals surface area (Å²) in [4.78, 5) is 24.4. The van der Waals surface area contributed by atoms with E-state index in [4.69, 9.17) is 10.4 Å². The average molecular weight is 269 g/mol. The lowest BCUT2D eigenvalue weighted by Gasteiger charge is -2.24. The first kappa shape index (κ1) is 17.2. The van der Waals surface area contributed by atoms with Gasteiger partial charge in [0.2, 0.25) is 0 Å². The van der Waals surface area contributed by atoms with Crippen molar-refractivity contribution in [2.75, 3.05) is 19.6 Å². The van der Waals surface area contributed by atoms with Crippen LogP contribution in [0.25, 0.3) is 0 Å². The van der Waals surface area contributed by atoms with E-state index >= 15 is 0 Å². The highest BCUT2D eigenvalue weighted by atomic mass is 16.4. The number of urea groups is 1. The van der Waals surface area contributed by atoms with Crippen LogP contribution in [0.5, 0.6) is 0 Å². The number of aliphatic carboxylic acids is 1. The molecule has 0 aliphatic rings. The van der Waals surface area contributed by atoms with E-state index in [9.17, 15) is 9.59 Å². The van der Waals surface area contributed by atoms with Crippen LogP contribution in [-0.2, 0) is 4.79 Å². The second kappa shape index (κ2) is 9.20. The second-order valence-electron chi connectivity index (χ2n) is 4.88. The Bertz CT molecular complexity index is 337. The van der Waals surface area contributed by atoms with Crippen LogP contribution in [-0.4, -0.2) is 41.6 Å². The fraction of sp³-hybridized carbons (Fsp3) is 0.769. The van der Waals surface area contributed by atoms with Crippen molar-refractivity contribution in [2.24, 2.45) is 11.8 Å². The third kappa shape index (κ3) is 7.29. The minimum Gasteiger partial charge on any atom is -0.481 e. The van der Waals surface area contributed by atoms with Crippen LogP contribution < -0.4 is 5.32 Å². The van der Waals surface area contributed by atoms with Crippen molar-refractivity contribution in [1.29, 1.82) is 5.26 Å². The largest absolute Gasteiger partial charge is 0.481 e. The molecule has 2 amide bonds. The van der Waals surface area contributed by atoms with Crippen molar-refractivity contribution in [3.05, 3.63) is 0 Å². The standard InChI is InChI=1S/C13H23N3O3/c1-4-11(12(17)18)8-15-13(19)16(7-5-6-14)9-10(2)3/h10-11H,4-5,7-9H2,1-3H3,(H,15,19)(H,17,18). The molecule has 0 aromatic rings. The molecule has 1 unspecified atom stereocenters. The highest BCUT2D eigenvalue weighted by molar-refractivity contribution is 5.76. The predicted molar refractivity (Wildman–Crippen MR) is 71.5 cm³/mol. The summed E-state index contributed by atoms with van der Waals surface area (Å²) in [6.45, 7) is 6.78. The van der Waals surface area contributed by atoms with Crippen molar-refractivity contribution >= 4 is 12.0 Å². The van der Waals surface area contributed by atoms with Crippen molar-refractivity contribution in [1.82, 2.24) is 10.2 Å². The summed E-state index contributed by atoms with van der Waals surface area (Å²) < 4.78 is 0. The van der Waals surface area contributed by atoms with Crippen LogP contribution >= 0.6 is 0 Å². The summed E-state index contributed by atoms with van der Waals surface area (Å²) in [7, 11) is 0. The fourth-order valence-electron chi connectivity index (χ4n) is 1.63. The summed E-state index contributed by atoms with van der Waals surface area (Å²) in [5.41, 5.74) is 0. The molecule has 0 saturated carbocycles. The van der Waals surface area contributed by atoms with E-state index < -0.39 is 11.9 Å². The van der Waals surface area contributed by atoms with E-state index in [1.165, 1.54) is 0 Å². The summed E-state index contributed by atoms with van der Waals surface area (Å²) in [6.07, 6.45) is 0.744. The number of hydrogen-bond donors (Lipinski definition) is 2. The second-order valence-corrected chi connectivity index (χ2v) is 4.88. The smallest absolute Gasteiger partial charge is 0.317 e. The van der Waals surface area contributed by atoms with Crippen molar-refractivity contribution < 1.29 is 14.7 Å². The van der Waals surface area contributed by atoms with Crippen LogP contribution in [0.1, 0.15) is 33.6 Å². The van der Waals surface area contributed by atoms with E-state index in [2.05, 4.69) is 5.32 Å². The normalized spacial score (nSPS) is 11.7. The summed E-state index contributed by atoms with van der Waals surface area (Å²) >= 11 is 0. The quantitative estimate of drug-likeness (QED) is 0.701. The van der Waals surface area contributed by atoms with Gasteiger partial charge in [0, 0.05) is 19.6 Å². The Labute approximate surface area is 114 Å². The van der Waals surface area contributed by atoms with Gasteiger partial charge >= 0.3 is 12.0 Å². The van der Waals surface area contributed by atoms with Gasteiger partial charge < -0.3 is 15.3 Å². The number of hydrogen-bond acceptors (Lipinski definition) is 3. The van der Waals surface area contributed by atoms with Gasteiger partial charge in [-0.3, -0.25) is 4.79 Å². The lowest BCUT2D eigenvalue weighted by molar-refractivity contribution is -0.141. The maximum Gasteiger partial charge on any atom is 0.317 e. The molecular formula is C13H23N3O3. The third-order valence-corrected chi connectivity index (χ3v) is 2.71. The molecule has 0 bridgehead atoms. The van der Waals surface area contributed by atoms with E-state index in [0.717, 1.165) is 0 Å². The van der Waals surface area contributed by atoms with Gasteiger partial charge in [0.15, 0.2) is 0 Å². The first-order valence-corrected chi connectivity index (χ1v) is 6.54. The number of carbonyl (C=O) groups excluding carboxylic acids is 1. The van der Waals surface area contributed by atoms with Crippen LogP contribution in [0.15, 0.2) is 0 Å². The van der Waals surface area contributed by atoms with Crippen molar-refractivity contribution in [2.45, 2.75) is 33.6 Å². The zero-order valence-corrected chi connectivity index (χ0v) is 11.8. The summed E-state index contributed by atoms with van der Waals surface area (Å²) in [5, 5.41) is 20.1. The molecule has 0 heterocycles. The first-order valence-electron chi connectivity index (χ1n) is 6.54. The van der Waals surface area contributed by atoms with Gasteiger partial charge in [-0.15, -0.1) is 0 Å². The molecule has 19 heavy (non-hydrogen) atoms. The molecule has 0 rings (SSSR count). The highest BCUT2D eigenvalue weighted by Gasteiger charge is 2.19. The molecule has 0 fully saturated rings. The molecule has 0 aliphatic heterocycles. The molecule has 108 valence electrons. The molecular weight excluding hydrogens is 246 g/mol. The summed E-state index contributed by atoms with van der Waals surface area (Å²) in [6, 6.07) is 1.70. The van der Waals surface area contributed by atoms with E-state index in [-0.39, 0.29) is 19.0 Å². The number of carboxylic acids is 1. The Hall–Kier alpha value is -1.77. The fourth-order valence-corrected chi connectivity index (χ4v) is 1.63. The van der Waals surface area contributed by atoms with Gasteiger partial charge in [-0.25, -0.2) is 4.79 Å². The molecule has 0 aromatic carbocycles. The van der Waals surface area contributed by atoms with Crippen molar-refractivity contribution in [3.63, 3.8) is 0 Å². The summed E-state index contributed by atoms with van der Waals surface area (Å²) in [5.74, 6) is -1.18. The van der Waals surface area contributed by atoms with Crippen LogP contribution in [0, 0.1) is 23.2 Å².